The number of hydrogen-bond acceptors (Lipinski definition) is 4. The summed E-state index contributed by atoms with van der Waals surface area (Å²) in [5.41, 5.74) is 0.456. The van der Waals surface area contributed by atoms with Gasteiger partial charge in [-0.05, 0) is 30.9 Å². The van der Waals surface area contributed by atoms with Crippen LogP contribution in [0.4, 0.5) is 11.4 Å². The molecule has 1 aliphatic heterocycles. The van der Waals surface area contributed by atoms with E-state index < -0.39 is 4.92 Å². The molecule has 0 bridgehead atoms. The first-order valence-corrected chi connectivity index (χ1v) is 7.78. The van der Waals surface area contributed by atoms with E-state index in [-0.39, 0.29) is 30.3 Å². The number of hydrogen-bond donors (Lipinski definition) is 1. The summed E-state index contributed by atoms with van der Waals surface area (Å²) in [6.07, 6.45) is 2.33. The molecule has 1 N–H and O–H groups in total. The highest BCUT2D eigenvalue weighted by Crippen LogP contribution is 2.18. The van der Waals surface area contributed by atoms with E-state index in [9.17, 15) is 19.7 Å². The highest BCUT2D eigenvalue weighted by Gasteiger charge is 2.20. The number of carbonyl (C=O) groups is 2. The van der Waals surface area contributed by atoms with Crippen molar-refractivity contribution in [2.75, 3.05) is 18.4 Å². The van der Waals surface area contributed by atoms with E-state index >= 15 is 0 Å². The van der Waals surface area contributed by atoms with E-state index in [2.05, 4.69) is 12.2 Å². The molecule has 2 rings (SSSR count). The van der Waals surface area contributed by atoms with Gasteiger partial charge in [-0.3, -0.25) is 19.7 Å². The molecule has 0 unspecified atom stereocenters. The molecule has 0 spiro atoms. The Morgan fingerprint density at radius 2 is 1.83 bits per heavy atom. The lowest BCUT2D eigenvalue weighted by Crippen LogP contribution is -2.38. The fourth-order valence-electron chi connectivity index (χ4n) is 2.53. The third kappa shape index (κ3) is 5.05. The van der Waals surface area contributed by atoms with E-state index in [0.29, 0.717) is 11.6 Å². The Labute approximate surface area is 134 Å². The third-order valence-electron chi connectivity index (χ3n) is 4.06. The molecule has 0 saturated carbocycles. The van der Waals surface area contributed by atoms with Crippen LogP contribution in [0.5, 0.6) is 0 Å². The van der Waals surface area contributed by atoms with Gasteiger partial charge in [-0.1, -0.05) is 6.92 Å². The molecule has 0 aromatic heterocycles. The molecule has 23 heavy (non-hydrogen) atoms. The number of benzene rings is 1. The smallest absolute Gasteiger partial charge is 0.269 e. The van der Waals surface area contributed by atoms with Gasteiger partial charge >= 0.3 is 0 Å². The molecule has 124 valence electrons. The van der Waals surface area contributed by atoms with Gasteiger partial charge in [0.1, 0.15) is 0 Å². The molecule has 1 saturated heterocycles. The zero-order valence-corrected chi connectivity index (χ0v) is 13.2. The van der Waals surface area contributed by atoms with Gasteiger partial charge in [-0.25, -0.2) is 0 Å². The first-order valence-electron chi connectivity index (χ1n) is 7.78. The molecule has 1 fully saturated rings. The van der Waals surface area contributed by atoms with Gasteiger partial charge in [0.2, 0.25) is 11.8 Å². The van der Waals surface area contributed by atoms with Crippen LogP contribution < -0.4 is 5.32 Å². The second kappa shape index (κ2) is 7.71. The minimum absolute atomic E-state index is 0.00995. The van der Waals surface area contributed by atoms with E-state index in [1.165, 1.54) is 24.3 Å². The largest absolute Gasteiger partial charge is 0.343 e. The van der Waals surface area contributed by atoms with Crippen molar-refractivity contribution < 1.29 is 14.5 Å². The van der Waals surface area contributed by atoms with Crippen molar-refractivity contribution in [3.05, 3.63) is 34.4 Å². The first kappa shape index (κ1) is 16.9. The lowest BCUT2D eigenvalue weighted by molar-refractivity contribution is -0.384. The van der Waals surface area contributed by atoms with Crippen molar-refractivity contribution in [2.24, 2.45) is 5.92 Å². The Morgan fingerprint density at radius 1 is 1.22 bits per heavy atom. The predicted octanol–water partition coefficient (Wildman–Crippen LogP) is 2.57. The summed E-state index contributed by atoms with van der Waals surface area (Å²) in [7, 11) is 0. The summed E-state index contributed by atoms with van der Waals surface area (Å²) in [5.74, 6) is 0.401. The Bertz CT molecular complexity index is 577. The zero-order chi connectivity index (χ0) is 16.8. The number of non-ortho nitro benzene ring substituents is 1. The maximum atomic E-state index is 12.1. The van der Waals surface area contributed by atoms with Crippen molar-refractivity contribution in [2.45, 2.75) is 32.6 Å². The summed E-state index contributed by atoms with van der Waals surface area (Å²) in [5, 5.41) is 13.2. The average Bonchev–Trinajstić information content (AvgIpc) is 2.54. The van der Waals surface area contributed by atoms with E-state index in [1.54, 1.807) is 0 Å². The summed E-state index contributed by atoms with van der Waals surface area (Å²) < 4.78 is 0. The second-order valence-electron chi connectivity index (χ2n) is 5.92. The van der Waals surface area contributed by atoms with Gasteiger partial charge in [0.25, 0.3) is 5.69 Å². The monoisotopic (exact) mass is 319 g/mol. The van der Waals surface area contributed by atoms with Crippen LogP contribution in [0.2, 0.25) is 0 Å². The third-order valence-corrected chi connectivity index (χ3v) is 4.06. The topological polar surface area (TPSA) is 92.6 Å². The quantitative estimate of drug-likeness (QED) is 0.667. The van der Waals surface area contributed by atoms with Crippen molar-refractivity contribution in [1.29, 1.82) is 0 Å². The summed E-state index contributed by atoms with van der Waals surface area (Å²) >= 11 is 0. The van der Waals surface area contributed by atoms with Gasteiger partial charge in [-0.2, -0.15) is 0 Å². The number of nitro groups is 1. The van der Waals surface area contributed by atoms with Crippen molar-refractivity contribution in [3.63, 3.8) is 0 Å². The maximum Gasteiger partial charge on any atom is 0.269 e. The SMILES string of the molecule is CC1CCN(C(=O)CCC(=O)Nc2ccc([N+](=O)[O-])cc2)CC1. The number of likely N-dealkylation sites (tertiary alicyclic amines) is 1. The van der Waals surface area contributed by atoms with Crippen molar-refractivity contribution in [1.82, 2.24) is 4.90 Å². The van der Waals surface area contributed by atoms with Crippen LogP contribution in [-0.2, 0) is 9.59 Å². The fourth-order valence-corrected chi connectivity index (χ4v) is 2.53. The van der Waals surface area contributed by atoms with Crippen LogP contribution in [0.3, 0.4) is 0 Å². The second-order valence-corrected chi connectivity index (χ2v) is 5.92. The van der Waals surface area contributed by atoms with Crippen molar-refractivity contribution in [3.8, 4) is 0 Å². The summed E-state index contributed by atoms with van der Waals surface area (Å²) in [6, 6.07) is 5.61. The number of anilines is 1. The van der Waals surface area contributed by atoms with E-state index in [1.807, 2.05) is 4.90 Å². The molecular weight excluding hydrogens is 298 g/mol. The maximum absolute atomic E-state index is 12.1. The number of rotatable bonds is 5. The van der Waals surface area contributed by atoms with Gasteiger partial charge in [-0.15, -0.1) is 0 Å². The number of nitrogens with zero attached hydrogens (tertiary/aromatic N) is 2. The lowest BCUT2D eigenvalue weighted by Gasteiger charge is -2.30. The van der Waals surface area contributed by atoms with Crippen molar-refractivity contribution >= 4 is 23.2 Å². The predicted molar refractivity (Wildman–Crippen MR) is 85.9 cm³/mol. The standard InChI is InChI=1S/C16H21N3O4/c1-12-8-10-18(11-9-12)16(21)7-6-15(20)17-13-2-4-14(5-3-13)19(22)23/h2-5,12H,6-11H2,1H3,(H,17,20). The highest BCUT2D eigenvalue weighted by molar-refractivity contribution is 5.93. The number of nitrogens with one attached hydrogen (secondary N) is 1. The molecule has 1 aromatic carbocycles. The molecule has 2 amide bonds. The van der Waals surface area contributed by atoms with Gasteiger partial charge in [0, 0.05) is 43.8 Å². The molecule has 7 heteroatoms. The van der Waals surface area contributed by atoms with E-state index in [4.69, 9.17) is 0 Å². The molecule has 0 radical (unpaired) electrons. The molecule has 1 aliphatic rings. The number of amides is 2. The Hall–Kier alpha value is -2.44. The summed E-state index contributed by atoms with van der Waals surface area (Å²) in [6.45, 7) is 3.72. The normalized spacial score (nSPS) is 15.3. The molecular formula is C16H21N3O4. The average molecular weight is 319 g/mol. The minimum Gasteiger partial charge on any atom is -0.343 e. The van der Waals surface area contributed by atoms with E-state index in [0.717, 1.165) is 25.9 Å². The molecule has 0 atom stereocenters. The van der Waals surface area contributed by atoms with Gasteiger partial charge in [0.15, 0.2) is 0 Å². The number of nitro benzene ring substituents is 1. The van der Waals surface area contributed by atoms with Crippen LogP contribution in [0.15, 0.2) is 24.3 Å². The Morgan fingerprint density at radius 3 is 2.39 bits per heavy atom. The van der Waals surface area contributed by atoms with Crippen LogP contribution in [0, 0.1) is 16.0 Å². The minimum atomic E-state index is -0.496. The zero-order valence-electron chi connectivity index (χ0n) is 13.2. The van der Waals surface area contributed by atoms with Crippen LogP contribution in [0.25, 0.3) is 0 Å². The number of piperidine rings is 1. The molecule has 7 nitrogen and oxygen atoms in total. The number of carbonyl (C=O) groups excluding carboxylic acids is 2. The summed E-state index contributed by atoms with van der Waals surface area (Å²) in [4.78, 5) is 35.8. The fraction of sp³-hybridized carbons (Fsp3) is 0.500. The molecule has 1 heterocycles. The molecule has 0 aliphatic carbocycles. The first-order chi connectivity index (χ1) is 11.0. The Balaban J connectivity index is 1.76. The highest BCUT2D eigenvalue weighted by atomic mass is 16.6. The van der Waals surface area contributed by atoms with Crippen LogP contribution in [-0.4, -0.2) is 34.7 Å². The van der Waals surface area contributed by atoms with Gasteiger partial charge < -0.3 is 10.2 Å². The van der Waals surface area contributed by atoms with Crippen LogP contribution in [0.1, 0.15) is 32.6 Å². The Kier molecular flexibility index (Phi) is 5.67. The van der Waals surface area contributed by atoms with Crippen LogP contribution >= 0.6 is 0 Å². The lowest BCUT2D eigenvalue weighted by atomic mass is 9.99. The molecule has 1 aromatic rings. The van der Waals surface area contributed by atoms with Gasteiger partial charge in [0.05, 0.1) is 4.92 Å².